The van der Waals surface area contributed by atoms with Crippen LogP contribution in [0.15, 0.2) is 23.0 Å². The maximum absolute atomic E-state index is 5.23. The van der Waals surface area contributed by atoms with E-state index in [1.165, 1.54) is 31.2 Å². The van der Waals surface area contributed by atoms with E-state index in [-0.39, 0.29) is 0 Å². The van der Waals surface area contributed by atoms with Crippen LogP contribution in [0.1, 0.15) is 37.3 Å². The molecule has 2 fully saturated rings. The van der Waals surface area contributed by atoms with Gasteiger partial charge in [0.1, 0.15) is 0 Å². The first-order chi connectivity index (χ1) is 8.29. The molecule has 3 rings (SSSR count). The molecule has 3 heterocycles. The van der Waals surface area contributed by atoms with Crippen LogP contribution in [0.4, 0.5) is 0 Å². The van der Waals surface area contributed by atoms with Crippen LogP contribution in [0.3, 0.4) is 0 Å². The highest BCUT2D eigenvalue weighted by Crippen LogP contribution is 2.42. The van der Waals surface area contributed by atoms with E-state index in [2.05, 4.69) is 30.4 Å². The van der Waals surface area contributed by atoms with Gasteiger partial charge in [-0.3, -0.25) is 0 Å². The molecule has 1 aromatic rings. The minimum atomic E-state index is 0.463. The summed E-state index contributed by atoms with van der Waals surface area (Å²) in [5.74, 6) is 0.756. The smallest absolute Gasteiger partial charge is 0.0950 e. The largest absolute Gasteiger partial charge is 0.472 e. The van der Waals surface area contributed by atoms with Crippen molar-refractivity contribution in [1.29, 1.82) is 0 Å². The Morgan fingerprint density at radius 2 is 2.06 bits per heavy atom. The summed E-state index contributed by atoms with van der Waals surface area (Å²) >= 11 is 0. The summed E-state index contributed by atoms with van der Waals surface area (Å²) in [6, 6.07) is 4.18. The number of furan rings is 1. The molecule has 17 heavy (non-hydrogen) atoms. The van der Waals surface area contributed by atoms with Gasteiger partial charge in [0.25, 0.3) is 0 Å². The Morgan fingerprint density at radius 3 is 2.59 bits per heavy atom. The zero-order chi connectivity index (χ0) is 11.8. The van der Waals surface area contributed by atoms with Crippen molar-refractivity contribution in [1.82, 2.24) is 10.2 Å². The maximum atomic E-state index is 5.23. The van der Waals surface area contributed by atoms with Crippen molar-refractivity contribution in [3.05, 3.63) is 24.2 Å². The van der Waals surface area contributed by atoms with Crippen molar-refractivity contribution in [3.8, 4) is 0 Å². The van der Waals surface area contributed by atoms with E-state index in [0.29, 0.717) is 6.04 Å². The third kappa shape index (κ3) is 1.91. The van der Waals surface area contributed by atoms with Crippen molar-refractivity contribution in [2.45, 2.75) is 43.8 Å². The third-order valence-electron chi connectivity index (χ3n) is 4.82. The number of fused-ring (bicyclic) bond motifs is 2. The van der Waals surface area contributed by atoms with Gasteiger partial charge in [-0.25, -0.2) is 0 Å². The number of piperidine rings is 1. The molecule has 2 bridgehead atoms. The highest BCUT2D eigenvalue weighted by atomic mass is 16.3. The van der Waals surface area contributed by atoms with Gasteiger partial charge in [0.2, 0.25) is 0 Å². The summed E-state index contributed by atoms with van der Waals surface area (Å²) < 4.78 is 5.23. The van der Waals surface area contributed by atoms with Crippen LogP contribution in [0.25, 0.3) is 0 Å². The molecule has 3 heteroatoms. The molecule has 2 aliphatic heterocycles. The second-order valence-electron chi connectivity index (χ2n) is 5.60. The molecule has 0 aliphatic carbocycles. The van der Waals surface area contributed by atoms with Crippen molar-refractivity contribution >= 4 is 0 Å². The summed E-state index contributed by atoms with van der Waals surface area (Å²) in [4.78, 5) is 2.60. The number of rotatable bonds is 3. The molecule has 0 spiro atoms. The predicted molar refractivity (Wildman–Crippen MR) is 67.8 cm³/mol. The number of nitrogens with one attached hydrogen (secondary N) is 1. The van der Waals surface area contributed by atoms with Gasteiger partial charge >= 0.3 is 0 Å². The molecule has 0 amide bonds. The Labute approximate surface area is 103 Å². The van der Waals surface area contributed by atoms with E-state index in [0.717, 1.165) is 18.0 Å². The summed E-state index contributed by atoms with van der Waals surface area (Å²) in [5, 5.41) is 3.48. The molecule has 0 aromatic carbocycles. The summed E-state index contributed by atoms with van der Waals surface area (Å²) in [6.45, 7) is 0. The SMILES string of the molecule is CNC(c1ccoc1)C1CC2CCC(C1)N2C. The lowest BCUT2D eigenvalue weighted by molar-refractivity contribution is 0.114. The van der Waals surface area contributed by atoms with Crippen LogP contribution in [0, 0.1) is 5.92 Å². The van der Waals surface area contributed by atoms with Crippen LogP contribution < -0.4 is 5.32 Å². The number of hydrogen-bond donors (Lipinski definition) is 1. The molecule has 2 saturated heterocycles. The molecule has 3 nitrogen and oxygen atoms in total. The van der Waals surface area contributed by atoms with Crippen LogP contribution in [-0.4, -0.2) is 31.1 Å². The van der Waals surface area contributed by atoms with E-state index in [9.17, 15) is 0 Å². The van der Waals surface area contributed by atoms with Gasteiger partial charge in [-0.15, -0.1) is 0 Å². The molecule has 94 valence electrons. The van der Waals surface area contributed by atoms with Crippen LogP contribution >= 0.6 is 0 Å². The fourth-order valence-corrected chi connectivity index (χ4v) is 3.85. The van der Waals surface area contributed by atoms with Crippen molar-refractivity contribution in [3.63, 3.8) is 0 Å². The first kappa shape index (κ1) is 11.3. The zero-order valence-electron chi connectivity index (χ0n) is 10.7. The lowest BCUT2D eigenvalue weighted by Gasteiger charge is -2.39. The van der Waals surface area contributed by atoms with Crippen molar-refractivity contribution in [2.24, 2.45) is 5.92 Å². The van der Waals surface area contributed by atoms with E-state index < -0.39 is 0 Å². The second-order valence-corrected chi connectivity index (χ2v) is 5.60. The van der Waals surface area contributed by atoms with Gasteiger partial charge in [-0.2, -0.15) is 0 Å². The van der Waals surface area contributed by atoms with Gasteiger partial charge in [0.15, 0.2) is 0 Å². The fraction of sp³-hybridized carbons (Fsp3) is 0.714. The second kappa shape index (κ2) is 4.46. The molecule has 1 aromatic heterocycles. The quantitative estimate of drug-likeness (QED) is 0.870. The third-order valence-corrected chi connectivity index (χ3v) is 4.82. The Bertz CT molecular complexity index is 348. The van der Waals surface area contributed by atoms with E-state index >= 15 is 0 Å². The van der Waals surface area contributed by atoms with E-state index in [1.54, 1.807) is 6.26 Å². The zero-order valence-corrected chi connectivity index (χ0v) is 10.7. The molecule has 1 N–H and O–H groups in total. The fourth-order valence-electron chi connectivity index (χ4n) is 3.85. The average molecular weight is 234 g/mol. The van der Waals surface area contributed by atoms with Crippen molar-refractivity contribution in [2.75, 3.05) is 14.1 Å². The number of nitrogens with zero attached hydrogens (tertiary/aromatic N) is 1. The summed E-state index contributed by atoms with van der Waals surface area (Å²) in [6.07, 6.45) is 9.09. The first-order valence-corrected chi connectivity index (χ1v) is 6.71. The average Bonchev–Trinajstić information content (AvgIpc) is 2.88. The monoisotopic (exact) mass is 234 g/mol. The van der Waals surface area contributed by atoms with Gasteiger partial charge in [-0.1, -0.05) is 0 Å². The highest BCUT2D eigenvalue weighted by Gasteiger charge is 2.41. The highest BCUT2D eigenvalue weighted by molar-refractivity contribution is 5.14. The standard InChI is InChI=1S/C14H22N2O/c1-15-14(10-5-6-17-9-10)11-7-12-3-4-13(8-11)16(12)2/h5-6,9,11-15H,3-4,7-8H2,1-2H3. The van der Waals surface area contributed by atoms with E-state index in [4.69, 9.17) is 4.42 Å². The van der Waals surface area contributed by atoms with Gasteiger partial charge in [-0.05, 0) is 51.8 Å². The Hall–Kier alpha value is -0.800. The van der Waals surface area contributed by atoms with E-state index in [1.807, 2.05) is 6.26 Å². The summed E-state index contributed by atoms with van der Waals surface area (Å²) in [7, 11) is 4.36. The molecular weight excluding hydrogens is 212 g/mol. The Balaban J connectivity index is 1.76. The van der Waals surface area contributed by atoms with Crippen LogP contribution in [0.5, 0.6) is 0 Å². The molecule has 3 unspecified atom stereocenters. The lowest BCUT2D eigenvalue weighted by atomic mass is 9.83. The minimum Gasteiger partial charge on any atom is -0.472 e. The van der Waals surface area contributed by atoms with Gasteiger partial charge < -0.3 is 14.6 Å². The molecular formula is C14H22N2O. The maximum Gasteiger partial charge on any atom is 0.0950 e. The van der Waals surface area contributed by atoms with Gasteiger partial charge in [0.05, 0.1) is 12.5 Å². The topological polar surface area (TPSA) is 28.4 Å². The Morgan fingerprint density at radius 1 is 1.35 bits per heavy atom. The van der Waals surface area contributed by atoms with Crippen LogP contribution in [0.2, 0.25) is 0 Å². The van der Waals surface area contributed by atoms with Crippen LogP contribution in [-0.2, 0) is 0 Å². The number of hydrogen-bond acceptors (Lipinski definition) is 3. The lowest BCUT2D eigenvalue weighted by Crippen LogP contribution is -2.43. The molecule has 3 atom stereocenters. The minimum absolute atomic E-state index is 0.463. The van der Waals surface area contributed by atoms with Crippen molar-refractivity contribution < 1.29 is 4.42 Å². The molecule has 2 aliphatic rings. The normalized spacial score (nSPS) is 35.1. The van der Waals surface area contributed by atoms with Gasteiger partial charge in [0, 0.05) is 23.7 Å². The molecule has 0 radical (unpaired) electrons. The summed E-state index contributed by atoms with van der Waals surface area (Å²) in [5.41, 5.74) is 1.31. The predicted octanol–water partition coefficient (Wildman–Crippen LogP) is 2.41. The molecule has 0 saturated carbocycles. The first-order valence-electron chi connectivity index (χ1n) is 6.71. The Kier molecular flexibility index (Phi) is 2.97.